The minimum atomic E-state index is 0.681. The van der Waals surface area contributed by atoms with Crippen molar-refractivity contribution in [3.63, 3.8) is 0 Å². The fourth-order valence-corrected chi connectivity index (χ4v) is 4.22. The van der Waals surface area contributed by atoms with E-state index in [1.165, 1.54) is 37.7 Å². The molecule has 1 aliphatic carbocycles. The van der Waals surface area contributed by atoms with Crippen LogP contribution in [-0.4, -0.2) is 13.1 Å². The number of benzene rings is 1. The zero-order valence-electron chi connectivity index (χ0n) is 14.1. The molecule has 0 heterocycles. The van der Waals surface area contributed by atoms with E-state index in [1.54, 1.807) is 0 Å². The summed E-state index contributed by atoms with van der Waals surface area (Å²) >= 11 is 0. The second kappa shape index (κ2) is 8.58. The fourth-order valence-electron chi connectivity index (χ4n) is 4.22. The Labute approximate surface area is 131 Å². The van der Waals surface area contributed by atoms with Gasteiger partial charge in [0.1, 0.15) is 0 Å². The van der Waals surface area contributed by atoms with E-state index in [0.29, 0.717) is 5.92 Å². The predicted octanol–water partition coefficient (Wildman–Crippen LogP) is 5.23. The summed E-state index contributed by atoms with van der Waals surface area (Å²) in [4.78, 5) is 0. The minimum absolute atomic E-state index is 0.681. The first-order chi connectivity index (χ1) is 10.2. The summed E-state index contributed by atoms with van der Waals surface area (Å²) in [5.74, 6) is 3.43. The molecule has 1 nitrogen and oxygen atoms in total. The van der Waals surface area contributed by atoms with Gasteiger partial charge >= 0.3 is 0 Å². The molecular weight excluding hydrogens is 254 g/mol. The lowest BCUT2D eigenvalue weighted by molar-refractivity contribution is 0.200. The molecule has 0 radical (unpaired) electrons. The first kappa shape index (κ1) is 16.5. The predicted molar refractivity (Wildman–Crippen MR) is 92.6 cm³/mol. The molecule has 3 unspecified atom stereocenters. The lowest BCUT2D eigenvalue weighted by Gasteiger charge is -2.34. The molecule has 0 amide bonds. The molecule has 0 aromatic heterocycles. The van der Waals surface area contributed by atoms with Crippen LogP contribution in [0.2, 0.25) is 0 Å². The number of rotatable bonds is 7. The lowest BCUT2D eigenvalue weighted by Crippen LogP contribution is -2.27. The first-order valence-electron chi connectivity index (χ1n) is 8.94. The summed E-state index contributed by atoms with van der Waals surface area (Å²) in [6.45, 7) is 9.40. The van der Waals surface area contributed by atoms with Crippen molar-refractivity contribution in [2.75, 3.05) is 13.1 Å². The molecule has 0 saturated heterocycles. The van der Waals surface area contributed by atoms with Crippen molar-refractivity contribution >= 4 is 0 Å². The number of hydrogen-bond acceptors (Lipinski definition) is 1. The quantitative estimate of drug-likeness (QED) is 0.677. The van der Waals surface area contributed by atoms with Crippen molar-refractivity contribution in [2.24, 2.45) is 17.8 Å². The van der Waals surface area contributed by atoms with E-state index in [2.05, 4.69) is 56.4 Å². The Bertz CT molecular complexity index is 376. The summed E-state index contributed by atoms with van der Waals surface area (Å²) in [7, 11) is 0. The van der Waals surface area contributed by atoms with Crippen LogP contribution in [0.15, 0.2) is 30.3 Å². The highest BCUT2D eigenvalue weighted by Gasteiger charge is 2.26. The largest absolute Gasteiger partial charge is 0.316 e. The maximum atomic E-state index is 3.65. The molecule has 1 saturated carbocycles. The van der Waals surface area contributed by atoms with Crippen LogP contribution in [0.25, 0.3) is 0 Å². The average molecular weight is 287 g/mol. The van der Waals surface area contributed by atoms with Gasteiger partial charge in [-0.1, -0.05) is 51.1 Å². The number of nitrogens with one attached hydrogen (secondary N) is 1. The summed E-state index contributed by atoms with van der Waals surface area (Å²) in [5, 5.41) is 3.65. The molecule has 0 bridgehead atoms. The van der Waals surface area contributed by atoms with E-state index in [-0.39, 0.29) is 0 Å². The molecule has 1 N–H and O–H groups in total. The Morgan fingerprint density at radius 3 is 2.33 bits per heavy atom. The Kier molecular flexibility index (Phi) is 6.76. The maximum absolute atomic E-state index is 3.65. The van der Waals surface area contributed by atoms with E-state index < -0.39 is 0 Å². The molecule has 1 aromatic carbocycles. The Hall–Kier alpha value is -0.820. The van der Waals surface area contributed by atoms with Crippen LogP contribution in [-0.2, 0) is 0 Å². The smallest absolute Gasteiger partial charge is 0.00202 e. The SMILES string of the molecule is CCCNCC(CC1CC(C)CC(C)C1)c1ccccc1. The summed E-state index contributed by atoms with van der Waals surface area (Å²) in [6.07, 6.45) is 6.87. The molecular formula is C20H33N. The van der Waals surface area contributed by atoms with E-state index >= 15 is 0 Å². The molecule has 1 fully saturated rings. The van der Waals surface area contributed by atoms with Crippen molar-refractivity contribution in [1.29, 1.82) is 0 Å². The molecule has 2 rings (SSSR count). The van der Waals surface area contributed by atoms with Crippen molar-refractivity contribution in [3.8, 4) is 0 Å². The second-order valence-corrected chi connectivity index (χ2v) is 7.33. The third-order valence-electron chi connectivity index (χ3n) is 4.98. The van der Waals surface area contributed by atoms with Gasteiger partial charge in [0.05, 0.1) is 0 Å². The fraction of sp³-hybridized carbons (Fsp3) is 0.700. The molecule has 3 atom stereocenters. The van der Waals surface area contributed by atoms with Crippen LogP contribution in [0.3, 0.4) is 0 Å². The standard InChI is InChI=1S/C20H33N/c1-4-10-21-15-20(19-8-6-5-7-9-19)14-18-12-16(2)11-17(3)13-18/h5-9,16-18,20-21H,4,10-15H2,1-3H3. The molecule has 1 aromatic rings. The van der Waals surface area contributed by atoms with Gasteiger partial charge in [0.15, 0.2) is 0 Å². The number of hydrogen-bond donors (Lipinski definition) is 1. The lowest BCUT2D eigenvalue weighted by atomic mass is 9.73. The third kappa shape index (κ3) is 5.47. The van der Waals surface area contributed by atoms with Gasteiger partial charge < -0.3 is 5.32 Å². The van der Waals surface area contributed by atoms with Crippen LogP contribution in [0.5, 0.6) is 0 Å². The van der Waals surface area contributed by atoms with E-state index in [9.17, 15) is 0 Å². The Balaban J connectivity index is 1.98. The van der Waals surface area contributed by atoms with Gasteiger partial charge in [-0.15, -0.1) is 0 Å². The normalized spacial score (nSPS) is 27.5. The summed E-state index contributed by atoms with van der Waals surface area (Å²) in [6, 6.07) is 11.1. The van der Waals surface area contributed by atoms with Gasteiger partial charge in [-0.05, 0) is 67.9 Å². The average Bonchev–Trinajstić information content (AvgIpc) is 2.46. The second-order valence-electron chi connectivity index (χ2n) is 7.33. The summed E-state index contributed by atoms with van der Waals surface area (Å²) in [5.41, 5.74) is 1.52. The highest BCUT2D eigenvalue weighted by Crippen LogP contribution is 2.38. The first-order valence-corrected chi connectivity index (χ1v) is 8.94. The minimum Gasteiger partial charge on any atom is -0.316 e. The van der Waals surface area contributed by atoms with Crippen LogP contribution in [0.4, 0.5) is 0 Å². The zero-order chi connectivity index (χ0) is 15.1. The molecule has 0 aliphatic heterocycles. The van der Waals surface area contributed by atoms with Crippen molar-refractivity contribution in [3.05, 3.63) is 35.9 Å². The van der Waals surface area contributed by atoms with Gasteiger partial charge in [0.2, 0.25) is 0 Å². The molecule has 1 heteroatoms. The maximum Gasteiger partial charge on any atom is 0.00202 e. The van der Waals surface area contributed by atoms with Gasteiger partial charge in [0.25, 0.3) is 0 Å². The molecule has 118 valence electrons. The van der Waals surface area contributed by atoms with Gasteiger partial charge in [0, 0.05) is 6.54 Å². The van der Waals surface area contributed by atoms with Gasteiger partial charge in [-0.25, -0.2) is 0 Å². The van der Waals surface area contributed by atoms with Crippen LogP contribution in [0.1, 0.15) is 64.4 Å². The van der Waals surface area contributed by atoms with Gasteiger partial charge in [-0.2, -0.15) is 0 Å². The van der Waals surface area contributed by atoms with Crippen molar-refractivity contribution in [1.82, 2.24) is 5.32 Å². The highest BCUT2D eigenvalue weighted by atomic mass is 14.8. The zero-order valence-corrected chi connectivity index (χ0v) is 14.1. The van der Waals surface area contributed by atoms with Crippen molar-refractivity contribution < 1.29 is 0 Å². The van der Waals surface area contributed by atoms with Crippen LogP contribution < -0.4 is 5.32 Å². The topological polar surface area (TPSA) is 12.0 Å². The molecule has 1 aliphatic rings. The Morgan fingerprint density at radius 2 is 1.71 bits per heavy atom. The van der Waals surface area contributed by atoms with E-state index in [1.807, 2.05) is 0 Å². The monoisotopic (exact) mass is 287 g/mol. The molecule has 0 spiro atoms. The Morgan fingerprint density at radius 1 is 1.05 bits per heavy atom. The van der Waals surface area contributed by atoms with Crippen LogP contribution in [0, 0.1) is 17.8 Å². The van der Waals surface area contributed by atoms with Crippen molar-refractivity contribution in [2.45, 2.75) is 58.8 Å². The highest BCUT2D eigenvalue weighted by molar-refractivity contribution is 5.20. The van der Waals surface area contributed by atoms with E-state index in [4.69, 9.17) is 0 Å². The summed E-state index contributed by atoms with van der Waals surface area (Å²) < 4.78 is 0. The molecule has 21 heavy (non-hydrogen) atoms. The third-order valence-corrected chi connectivity index (χ3v) is 4.98. The van der Waals surface area contributed by atoms with E-state index in [0.717, 1.165) is 30.8 Å². The van der Waals surface area contributed by atoms with Crippen LogP contribution >= 0.6 is 0 Å². The van der Waals surface area contributed by atoms with Gasteiger partial charge in [-0.3, -0.25) is 0 Å².